The third-order valence-electron chi connectivity index (χ3n) is 6.39. The summed E-state index contributed by atoms with van der Waals surface area (Å²) in [5.74, 6) is 1.61. The molecular weight excluding hydrogens is 554 g/mol. The summed E-state index contributed by atoms with van der Waals surface area (Å²) in [7, 11) is -0.658. The van der Waals surface area contributed by atoms with E-state index in [-0.39, 0.29) is 11.3 Å². The van der Waals surface area contributed by atoms with Crippen LogP contribution in [0.2, 0.25) is 0 Å². The highest BCUT2D eigenvalue weighted by Gasteiger charge is 2.23. The van der Waals surface area contributed by atoms with Gasteiger partial charge in [-0.25, -0.2) is 18.6 Å². The predicted molar refractivity (Wildman–Crippen MR) is 161 cm³/mol. The Bertz CT molecular complexity index is 1610. The van der Waals surface area contributed by atoms with Crippen molar-refractivity contribution in [1.82, 2.24) is 10.1 Å². The number of hydrazone groups is 1. The molecule has 0 unspecified atom stereocenters. The average Bonchev–Trinajstić information content (AvgIpc) is 3.00. The van der Waals surface area contributed by atoms with Crippen LogP contribution in [0.3, 0.4) is 0 Å². The molecular formula is C32H33N3O6S. The molecule has 0 saturated carbocycles. The number of aryl methyl sites for hydroxylation is 1. The Kier molecular flexibility index (Phi) is 10.3. The Morgan fingerprint density at radius 2 is 1.57 bits per heavy atom. The summed E-state index contributed by atoms with van der Waals surface area (Å²) in [5, 5.41) is 4.04. The first-order chi connectivity index (χ1) is 20.3. The topological polar surface area (TPSA) is 115 Å². The monoisotopic (exact) mass is 587 g/mol. The minimum absolute atomic E-state index is 0.127. The van der Waals surface area contributed by atoms with Gasteiger partial charge >= 0.3 is 0 Å². The van der Waals surface area contributed by atoms with Gasteiger partial charge in [-0.2, -0.15) is 5.10 Å². The van der Waals surface area contributed by atoms with Crippen molar-refractivity contribution in [1.29, 1.82) is 0 Å². The maximum atomic E-state index is 13.0. The van der Waals surface area contributed by atoms with Gasteiger partial charge in [0, 0.05) is 12.0 Å². The average molecular weight is 588 g/mol. The summed E-state index contributed by atoms with van der Waals surface area (Å²) < 4.78 is 45.3. The molecule has 0 saturated heterocycles. The smallest absolute Gasteiger partial charge is 0.242 e. The molecule has 1 amide bonds. The molecule has 42 heavy (non-hydrogen) atoms. The van der Waals surface area contributed by atoms with Crippen LogP contribution >= 0.6 is 0 Å². The fourth-order valence-corrected chi connectivity index (χ4v) is 5.33. The van der Waals surface area contributed by atoms with Crippen LogP contribution in [0.4, 0.5) is 0 Å². The van der Waals surface area contributed by atoms with E-state index in [1.165, 1.54) is 18.3 Å². The molecule has 0 aliphatic rings. The molecule has 1 atom stereocenters. The number of ether oxygens (including phenoxy) is 3. The molecule has 218 valence electrons. The number of amides is 1. The van der Waals surface area contributed by atoms with Crippen LogP contribution in [0.1, 0.15) is 34.7 Å². The second kappa shape index (κ2) is 14.3. The zero-order chi connectivity index (χ0) is 30.0. The number of methoxy groups -OCH3 is 2. The molecule has 4 aromatic carbocycles. The van der Waals surface area contributed by atoms with Gasteiger partial charge < -0.3 is 14.2 Å². The van der Waals surface area contributed by atoms with Crippen LogP contribution in [-0.2, 0) is 21.4 Å². The van der Waals surface area contributed by atoms with Crippen LogP contribution in [0.15, 0.2) is 107 Å². The second-order valence-electron chi connectivity index (χ2n) is 9.43. The highest BCUT2D eigenvalue weighted by molar-refractivity contribution is 7.89. The molecule has 0 fully saturated rings. The van der Waals surface area contributed by atoms with E-state index in [1.807, 2.05) is 31.2 Å². The number of sulfonamides is 1. The summed E-state index contributed by atoms with van der Waals surface area (Å²) in [4.78, 5) is 12.9. The number of benzene rings is 4. The molecule has 10 heteroatoms. The number of rotatable bonds is 13. The number of carbonyl (C=O) groups is 1. The fourth-order valence-electron chi connectivity index (χ4n) is 4.10. The van der Waals surface area contributed by atoms with Crippen LogP contribution in [0.25, 0.3) is 0 Å². The molecule has 0 bridgehead atoms. The van der Waals surface area contributed by atoms with Crippen molar-refractivity contribution < 1.29 is 27.4 Å². The largest absolute Gasteiger partial charge is 0.497 e. The van der Waals surface area contributed by atoms with Gasteiger partial charge in [0.15, 0.2) is 0 Å². The Labute approximate surface area is 246 Å². The van der Waals surface area contributed by atoms with E-state index in [0.29, 0.717) is 29.4 Å². The number of nitrogens with one attached hydrogen (secondary N) is 2. The lowest BCUT2D eigenvalue weighted by molar-refractivity contribution is -0.121. The number of carbonyl (C=O) groups excluding carboxylic acids is 1. The van der Waals surface area contributed by atoms with Crippen LogP contribution < -0.4 is 24.4 Å². The molecule has 0 radical (unpaired) electrons. The van der Waals surface area contributed by atoms with Gasteiger partial charge in [0.2, 0.25) is 15.9 Å². The molecule has 4 rings (SSSR count). The Balaban J connectivity index is 1.35. The molecule has 2 N–H and O–H groups in total. The maximum absolute atomic E-state index is 13.0. The normalized spacial score (nSPS) is 12.1. The SMILES string of the molecule is COc1ccc(OC)c(COc2ccc(/C=N\NC(=O)C[C@@H](NS(=O)(=O)c3ccc(C)cc3)c3ccccc3)cc2)c1. The summed E-state index contributed by atoms with van der Waals surface area (Å²) in [6, 6.07) is 27.4. The highest BCUT2D eigenvalue weighted by atomic mass is 32.2. The predicted octanol–water partition coefficient (Wildman–Crippen LogP) is 5.15. The van der Waals surface area contributed by atoms with Gasteiger partial charge in [-0.1, -0.05) is 48.0 Å². The van der Waals surface area contributed by atoms with Crippen molar-refractivity contribution in [3.8, 4) is 17.2 Å². The van der Waals surface area contributed by atoms with Crippen molar-refractivity contribution in [2.24, 2.45) is 5.10 Å². The summed E-state index contributed by atoms with van der Waals surface area (Å²) in [6.07, 6.45) is 1.35. The summed E-state index contributed by atoms with van der Waals surface area (Å²) >= 11 is 0. The zero-order valence-corrected chi connectivity index (χ0v) is 24.4. The Morgan fingerprint density at radius 3 is 2.24 bits per heavy atom. The van der Waals surface area contributed by atoms with Crippen molar-refractivity contribution in [3.05, 3.63) is 119 Å². The molecule has 0 spiro atoms. The van der Waals surface area contributed by atoms with Gasteiger partial charge in [0.25, 0.3) is 0 Å². The zero-order valence-electron chi connectivity index (χ0n) is 23.6. The van der Waals surface area contributed by atoms with Gasteiger partial charge in [0.1, 0.15) is 23.9 Å². The standard InChI is InChI=1S/C32H33N3O6S/c1-23-9-16-29(17-10-23)42(37,38)35-30(25-7-5-4-6-8-25)20-32(36)34-33-21-24-11-13-27(14-12-24)41-22-26-19-28(39-2)15-18-31(26)40-3/h4-19,21,30,35H,20,22H2,1-3H3,(H,34,36)/b33-21-/t30-/m1/s1. The quantitative estimate of drug-likeness (QED) is 0.165. The van der Waals surface area contributed by atoms with E-state index in [9.17, 15) is 13.2 Å². The van der Waals surface area contributed by atoms with Gasteiger partial charge in [0.05, 0.1) is 31.4 Å². The second-order valence-corrected chi connectivity index (χ2v) is 11.1. The minimum atomic E-state index is -3.86. The van der Waals surface area contributed by atoms with Crippen molar-refractivity contribution in [2.45, 2.75) is 30.9 Å². The maximum Gasteiger partial charge on any atom is 0.242 e. The lowest BCUT2D eigenvalue weighted by atomic mass is 10.0. The molecule has 0 heterocycles. The van der Waals surface area contributed by atoms with Crippen LogP contribution in [-0.4, -0.2) is 34.8 Å². The Morgan fingerprint density at radius 1 is 0.881 bits per heavy atom. The fraction of sp³-hybridized carbons (Fsp3) is 0.188. The number of hydrogen-bond acceptors (Lipinski definition) is 7. The van der Waals surface area contributed by atoms with E-state index < -0.39 is 22.0 Å². The van der Waals surface area contributed by atoms with Crippen molar-refractivity contribution in [2.75, 3.05) is 14.2 Å². The molecule has 9 nitrogen and oxygen atoms in total. The number of nitrogens with zero attached hydrogens (tertiary/aromatic N) is 1. The first-order valence-corrected chi connectivity index (χ1v) is 14.7. The highest BCUT2D eigenvalue weighted by Crippen LogP contribution is 2.26. The van der Waals surface area contributed by atoms with E-state index in [2.05, 4.69) is 15.2 Å². The van der Waals surface area contributed by atoms with Gasteiger partial charge in [-0.3, -0.25) is 4.79 Å². The lowest BCUT2D eigenvalue weighted by Crippen LogP contribution is -2.32. The first kappa shape index (κ1) is 30.3. The van der Waals surface area contributed by atoms with E-state index >= 15 is 0 Å². The van der Waals surface area contributed by atoms with E-state index in [4.69, 9.17) is 14.2 Å². The Hall–Kier alpha value is -4.67. The van der Waals surface area contributed by atoms with Crippen LogP contribution in [0, 0.1) is 6.92 Å². The molecule has 0 aromatic heterocycles. The van der Waals surface area contributed by atoms with Gasteiger partial charge in [-0.05, 0) is 72.6 Å². The molecule has 0 aliphatic heterocycles. The molecule has 0 aliphatic carbocycles. The van der Waals surface area contributed by atoms with Crippen molar-refractivity contribution >= 4 is 22.1 Å². The summed E-state index contributed by atoms with van der Waals surface area (Å²) in [5.41, 5.74) is 5.68. The lowest BCUT2D eigenvalue weighted by Gasteiger charge is -2.18. The van der Waals surface area contributed by atoms with E-state index in [1.54, 1.807) is 74.9 Å². The minimum Gasteiger partial charge on any atom is -0.497 e. The van der Waals surface area contributed by atoms with Crippen LogP contribution in [0.5, 0.6) is 17.2 Å². The molecule has 4 aromatic rings. The third kappa shape index (κ3) is 8.42. The first-order valence-electron chi connectivity index (χ1n) is 13.2. The van der Waals surface area contributed by atoms with Gasteiger partial charge in [-0.15, -0.1) is 0 Å². The van der Waals surface area contributed by atoms with E-state index in [0.717, 1.165) is 16.7 Å². The number of hydrogen-bond donors (Lipinski definition) is 2. The van der Waals surface area contributed by atoms with Crippen molar-refractivity contribution in [3.63, 3.8) is 0 Å². The third-order valence-corrected chi connectivity index (χ3v) is 7.87. The summed E-state index contributed by atoms with van der Waals surface area (Å²) in [6.45, 7) is 2.17.